The molecule has 0 aromatic carbocycles. The fraction of sp³-hybridized carbons (Fsp3) is 1.00. The Morgan fingerprint density at radius 1 is 1.21 bits per heavy atom. The van der Waals surface area contributed by atoms with Crippen molar-refractivity contribution in [3.05, 3.63) is 0 Å². The van der Waals surface area contributed by atoms with Gasteiger partial charge in [0.15, 0.2) is 0 Å². The van der Waals surface area contributed by atoms with Gasteiger partial charge in [0.05, 0.1) is 6.61 Å². The minimum atomic E-state index is -3.35. The molecule has 8 heteroatoms. The van der Waals surface area contributed by atoms with E-state index in [4.69, 9.17) is 10.5 Å². The summed E-state index contributed by atoms with van der Waals surface area (Å²) in [7, 11) is -1.80. The molecule has 0 bridgehead atoms. The molecule has 1 heterocycles. The lowest BCUT2D eigenvalue weighted by Crippen LogP contribution is -2.52. The van der Waals surface area contributed by atoms with E-state index in [0.717, 1.165) is 39.0 Å². The van der Waals surface area contributed by atoms with E-state index in [1.165, 1.54) is 4.31 Å². The van der Waals surface area contributed by atoms with Crippen LogP contribution in [-0.4, -0.2) is 77.2 Å². The second-order valence-electron chi connectivity index (χ2n) is 4.63. The average Bonchev–Trinajstić information content (AvgIpc) is 2.40. The number of nitrogens with two attached hydrogens (primary N) is 1. The molecule has 0 saturated carbocycles. The molecule has 1 aliphatic heterocycles. The van der Waals surface area contributed by atoms with E-state index < -0.39 is 10.2 Å². The molecular formula is C11H26N4O3S. The predicted molar refractivity (Wildman–Crippen MR) is 75.1 cm³/mol. The van der Waals surface area contributed by atoms with Crippen LogP contribution in [0.1, 0.15) is 12.8 Å². The van der Waals surface area contributed by atoms with Crippen LogP contribution >= 0.6 is 0 Å². The van der Waals surface area contributed by atoms with Crippen molar-refractivity contribution in [2.75, 3.05) is 59.5 Å². The topological polar surface area (TPSA) is 87.9 Å². The van der Waals surface area contributed by atoms with E-state index in [2.05, 4.69) is 9.62 Å². The summed E-state index contributed by atoms with van der Waals surface area (Å²) in [6.07, 6.45) is 2.10. The number of nitrogens with zero attached hydrogens (tertiary/aromatic N) is 2. The highest BCUT2D eigenvalue weighted by Crippen LogP contribution is 2.06. The normalized spacial score (nSPS) is 18.8. The summed E-state index contributed by atoms with van der Waals surface area (Å²) < 4.78 is 32.8. The maximum absolute atomic E-state index is 12.0. The van der Waals surface area contributed by atoms with Crippen LogP contribution in [0.4, 0.5) is 0 Å². The molecule has 1 rings (SSSR count). The number of hydrogen-bond donors (Lipinski definition) is 2. The molecule has 0 aromatic heterocycles. The number of ether oxygens (including phenoxy) is 1. The van der Waals surface area contributed by atoms with Crippen LogP contribution in [0, 0.1) is 0 Å². The van der Waals surface area contributed by atoms with Gasteiger partial charge in [-0.3, -0.25) is 0 Å². The number of nitrogens with one attached hydrogen (secondary N) is 1. The summed E-state index contributed by atoms with van der Waals surface area (Å²) in [6, 6.07) is 0. The zero-order valence-electron chi connectivity index (χ0n) is 11.7. The zero-order valence-corrected chi connectivity index (χ0v) is 12.5. The molecule has 0 aromatic rings. The summed E-state index contributed by atoms with van der Waals surface area (Å²) in [5, 5.41) is 0. The van der Waals surface area contributed by atoms with Crippen LogP contribution in [0.5, 0.6) is 0 Å². The van der Waals surface area contributed by atoms with E-state index >= 15 is 0 Å². The number of piperazine rings is 1. The highest BCUT2D eigenvalue weighted by atomic mass is 32.2. The fourth-order valence-electron chi connectivity index (χ4n) is 2.04. The van der Waals surface area contributed by atoms with Crippen molar-refractivity contribution in [2.24, 2.45) is 5.73 Å². The molecule has 0 atom stereocenters. The van der Waals surface area contributed by atoms with E-state index in [9.17, 15) is 8.42 Å². The Hall–Kier alpha value is -0.250. The third-order valence-electron chi connectivity index (χ3n) is 3.19. The summed E-state index contributed by atoms with van der Waals surface area (Å²) >= 11 is 0. The van der Waals surface area contributed by atoms with E-state index in [1.54, 1.807) is 7.11 Å². The Labute approximate surface area is 116 Å². The first-order valence-corrected chi connectivity index (χ1v) is 8.20. The lowest BCUT2D eigenvalue weighted by atomic mass is 10.2. The van der Waals surface area contributed by atoms with Gasteiger partial charge in [-0.1, -0.05) is 0 Å². The van der Waals surface area contributed by atoms with E-state index in [0.29, 0.717) is 26.2 Å². The van der Waals surface area contributed by atoms with Gasteiger partial charge in [0.2, 0.25) is 0 Å². The van der Waals surface area contributed by atoms with Crippen molar-refractivity contribution in [1.82, 2.24) is 13.9 Å². The van der Waals surface area contributed by atoms with Gasteiger partial charge in [0.25, 0.3) is 10.2 Å². The van der Waals surface area contributed by atoms with Crippen molar-refractivity contribution >= 4 is 10.2 Å². The summed E-state index contributed by atoms with van der Waals surface area (Å²) in [5.41, 5.74) is 5.46. The van der Waals surface area contributed by atoms with Gasteiger partial charge >= 0.3 is 0 Å². The first-order valence-electron chi connectivity index (χ1n) is 6.76. The Bertz CT molecular complexity index is 329. The molecule has 1 aliphatic rings. The van der Waals surface area contributed by atoms with Crippen molar-refractivity contribution in [3.63, 3.8) is 0 Å². The van der Waals surface area contributed by atoms with Crippen LogP contribution < -0.4 is 10.5 Å². The first kappa shape index (κ1) is 16.8. The number of unbranched alkanes of at least 4 members (excludes halogenated alkanes) is 1. The van der Waals surface area contributed by atoms with E-state index in [-0.39, 0.29) is 0 Å². The second kappa shape index (κ2) is 8.83. The minimum Gasteiger partial charge on any atom is -0.383 e. The Morgan fingerprint density at radius 2 is 1.89 bits per heavy atom. The van der Waals surface area contributed by atoms with Gasteiger partial charge in [-0.05, 0) is 25.9 Å². The van der Waals surface area contributed by atoms with Gasteiger partial charge in [0.1, 0.15) is 0 Å². The maximum Gasteiger partial charge on any atom is 0.279 e. The molecule has 0 spiro atoms. The van der Waals surface area contributed by atoms with Gasteiger partial charge in [-0.25, -0.2) is 0 Å². The number of rotatable bonds is 9. The molecule has 1 fully saturated rings. The smallest absolute Gasteiger partial charge is 0.279 e. The first-order chi connectivity index (χ1) is 9.10. The molecule has 1 saturated heterocycles. The third kappa shape index (κ3) is 6.15. The second-order valence-corrected chi connectivity index (χ2v) is 6.38. The van der Waals surface area contributed by atoms with Gasteiger partial charge in [-0.2, -0.15) is 17.4 Å². The minimum absolute atomic E-state index is 0.315. The van der Waals surface area contributed by atoms with E-state index in [1.807, 2.05) is 0 Å². The van der Waals surface area contributed by atoms with Crippen LogP contribution in [0.15, 0.2) is 0 Å². The van der Waals surface area contributed by atoms with Crippen molar-refractivity contribution in [3.8, 4) is 0 Å². The average molecular weight is 294 g/mol. The number of hydrogen-bond acceptors (Lipinski definition) is 5. The highest BCUT2D eigenvalue weighted by molar-refractivity contribution is 7.87. The highest BCUT2D eigenvalue weighted by Gasteiger charge is 2.25. The summed E-state index contributed by atoms with van der Waals surface area (Å²) in [5.74, 6) is 0. The van der Waals surface area contributed by atoms with Gasteiger partial charge in [0, 0.05) is 39.8 Å². The summed E-state index contributed by atoms with van der Waals surface area (Å²) in [4.78, 5) is 2.29. The van der Waals surface area contributed by atoms with Crippen molar-refractivity contribution < 1.29 is 13.2 Å². The van der Waals surface area contributed by atoms with Crippen molar-refractivity contribution in [2.45, 2.75) is 12.8 Å². The molecule has 19 heavy (non-hydrogen) atoms. The van der Waals surface area contributed by atoms with Gasteiger partial charge < -0.3 is 15.4 Å². The van der Waals surface area contributed by atoms with Crippen LogP contribution in [0.25, 0.3) is 0 Å². The van der Waals surface area contributed by atoms with Crippen LogP contribution in [0.2, 0.25) is 0 Å². The number of methoxy groups -OCH3 is 1. The fourth-order valence-corrected chi connectivity index (χ4v) is 3.21. The predicted octanol–water partition coefficient (Wildman–Crippen LogP) is -1.18. The Morgan fingerprint density at radius 3 is 2.47 bits per heavy atom. The monoisotopic (exact) mass is 294 g/mol. The van der Waals surface area contributed by atoms with Crippen LogP contribution in [-0.2, 0) is 14.9 Å². The zero-order chi connectivity index (χ0) is 14.1. The third-order valence-corrected chi connectivity index (χ3v) is 4.80. The molecule has 114 valence electrons. The maximum atomic E-state index is 12.0. The molecule has 0 radical (unpaired) electrons. The molecule has 0 amide bonds. The standard InChI is InChI=1S/C11H26N4O3S/c1-18-11-5-13-19(16,17)15-9-7-14(8-10-15)6-3-2-4-12/h13H,2-12H2,1H3. The molecular weight excluding hydrogens is 268 g/mol. The Balaban J connectivity index is 2.28. The SMILES string of the molecule is COCCNS(=O)(=O)N1CCN(CCCCN)CC1. The molecule has 7 nitrogen and oxygen atoms in total. The van der Waals surface area contributed by atoms with Crippen LogP contribution in [0.3, 0.4) is 0 Å². The van der Waals surface area contributed by atoms with Crippen molar-refractivity contribution in [1.29, 1.82) is 0 Å². The Kier molecular flexibility index (Phi) is 7.81. The molecule has 0 unspecified atom stereocenters. The lowest BCUT2D eigenvalue weighted by molar-refractivity contribution is 0.182. The molecule has 3 N–H and O–H groups in total. The van der Waals surface area contributed by atoms with Gasteiger partial charge in [-0.15, -0.1) is 0 Å². The quantitative estimate of drug-likeness (QED) is 0.523. The largest absolute Gasteiger partial charge is 0.383 e. The lowest BCUT2D eigenvalue weighted by Gasteiger charge is -2.33. The summed E-state index contributed by atoms with van der Waals surface area (Å²) in [6.45, 7) is 5.09. The molecule has 0 aliphatic carbocycles.